The number of rotatable bonds is 3. The number of aromatic nitrogens is 2. The molecule has 2 heterocycles. The molecule has 0 bridgehead atoms. The van der Waals surface area contributed by atoms with Crippen molar-refractivity contribution in [2.75, 3.05) is 13.1 Å². The van der Waals surface area contributed by atoms with Crippen LogP contribution >= 0.6 is 15.9 Å². The number of amides is 1. The molecule has 1 amide bonds. The zero-order valence-electron chi connectivity index (χ0n) is 12.9. The Hall–Kier alpha value is -1.95. The summed E-state index contributed by atoms with van der Waals surface area (Å²) in [5.74, 6) is 0.555. The van der Waals surface area contributed by atoms with Gasteiger partial charge in [-0.15, -0.1) is 5.10 Å². The summed E-state index contributed by atoms with van der Waals surface area (Å²) in [4.78, 5) is 14.4. The number of benzene rings is 1. The number of carbonyl (C=O) groups is 1. The number of likely N-dealkylation sites (tertiary alicyclic amines) is 1. The summed E-state index contributed by atoms with van der Waals surface area (Å²) in [5.41, 5.74) is 1.55. The molecular formula is C17H18BrN3O2. The normalized spacial score (nSPS) is 17.8. The van der Waals surface area contributed by atoms with Gasteiger partial charge >= 0.3 is 0 Å². The van der Waals surface area contributed by atoms with E-state index in [1.54, 1.807) is 0 Å². The van der Waals surface area contributed by atoms with Gasteiger partial charge in [0.2, 0.25) is 5.88 Å². The molecule has 0 saturated carbocycles. The van der Waals surface area contributed by atoms with Gasteiger partial charge in [-0.2, -0.15) is 5.10 Å². The minimum atomic E-state index is -0.0415. The van der Waals surface area contributed by atoms with Gasteiger partial charge in [-0.05, 0) is 50.1 Å². The monoisotopic (exact) mass is 375 g/mol. The van der Waals surface area contributed by atoms with E-state index in [1.807, 2.05) is 48.2 Å². The lowest BCUT2D eigenvalue weighted by molar-refractivity contribution is 0.0525. The van der Waals surface area contributed by atoms with E-state index in [0.29, 0.717) is 18.0 Å². The Labute approximate surface area is 143 Å². The first kappa shape index (κ1) is 15.9. The molecule has 120 valence electrons. The van der Waals surface area contributed by atoms with Crippen LogP contribution in [0.3, 0.4) is 0 Å². The topological polar surface area (TPSA) is 55.3 Å². The fourth-order valence-corrected chi connectivity index (χ4v) is 2.88. The Morgan fingerprint density at radius 2 is 2.00 bits per heavy atom. The van der Waals surface area contributed by atoms with Crippen molar-refractivity contribution in [3.63, 3.8) is 0 Å². The minimum absolute atomic E-state index is 0.0415. The van der Waals surface area contributed by atoms with E-state index in [1.165, 1.54) is 0 Å². The molecule has 1 saturated heterocycles. The van der Waals surface area contributed by atoms with E-state index >= 15 is 0 Å². The molecular weight excluding hydrogens is 358 g/mol. The molecule has 1 aliphatic rings. The lowest BCUT2D eigenvalue weighted by Gasteiger charge is -2.32. The third kappa shape index (κ3) is 4.07. The van der Waals surface area contributed by atoms with E-state index in [-0.39, 0.29) is 12.0 Å². The summed E-state index contributed by atoms with van der Waals surface area (Å²) in [7, 11) is 0. The lowest BCUT2D eigenvalue weighted by Crippen LogP contribution is -2.44. The Balaban J connectivity index is 1.64. The minimum Gasteiger partial charge on any atom is -0.471 e. The SMILES string of the molecule is Cc1ccc(OC2CCCN(C(=O)c3ccc(Br)cc3)C2)nn1. The molecule has 0 aliphatic carbocycles. The maximum atomic E-state index is 12.6. The van der Waals surface area contributed by atoms with E-state index < -0.39 is 0 Å². The average molecular weight is 376 g/mol. The van der Waals surface area contributed by atoms with Gasteiger partial charge in [0.25, 0.3) is 5.91 Å². The van der Waals surface area contributed by atoms with Crippen molar-refractivity contribution in [2.24, 2.45) is 0 Å². The number of ether oxygens (including phenoxy) is 1. The van der Waals surface area contributed by atoms with Crippen LogP contribution in [0.25, 0.3) is 0 Å². The van der Waals surface area contributed by atoms with Crippen LogP contribution in [0.4, 0.5) is 0 Å². The largest absolute Gasteiger partial charge is 0.471 e. The summed E-state index contributed by atoms with van der Waals surface area (Å²) in [6.45, 7) is 3.22. The van der Waals surface area contributed by atoms with Gasteiger partial charge in [-0.1, -0.05) is 15.9 Å². The van der Waals surface area contributed by atoms with Crippen LogP contribution in [0.1, 0.15) is 28.9 Å². The third-order valence-corrected chi connectivity index (χ3v) is 4.35. The van der Waals surface area contributed by atoms with Crippen LogP contribution in [0.15, 0.2) is 40.9 Å². The highest BCUT2D eigenvalue weighted by Crippen LogP contribution is 2.19. The van der Waals surface area contributed by atoms with Crippen molar-refractivity contribution in [2.45, 2.75) is 25.9 Å². The fourth-order valence-electron chi connectivity index (χ4n) is 2.61. The second-order valence-corrected chi connectivity index (χ2v) is 6.57. The average Bonchev–Trinajstić information content (AvgIpc) is 2.57. The summed E-state index contributed by atoms with van der Waals surface area (Å²) in [6, 6.07) is 11.1. The second-order valence-electron chi connectivity index (χ2n) is 5.65. The summed E-state index contributed by atoms with van der Waals surface area (Å²) >= 11 is 3.38. The Kier molecular flexibility index (Phi) is 4.91. The Bertz CT molecular complexity index is 673. The number of nitrogens with zero attached hydrogens (tertiary/aromatic N) is 3. The first-order valence-corrected chi connectivity index (χ1v) is 8.43. The maximum absolute atomic E-state index is 12.6. The number of hydrogen-bond donors (Lipinski definition) is 0. The van der Waals surface area contributed by atoms with Crippen molar-refractivity contribution in [1.29, 1.82) is 0 Å². The summed E-state index contributed by atoms with van der Waals surface area (Å²) in [5, 5.41) is 8.02. The first-order valence-electron chi connectivity index (χ1n) is 7.63. The maximum Gasteiger partial charge on any atom is 0.253 e. The number of piperidine rings is 1. The van der Waals surface area contributed by atoms with Gasteiger partial charge in [0.15, 0.2) is 0 Å². The van der Waals surface area contributed by atoms with Gasteiger partial charge in [-0.25, -0.2) is 0 Å². The molecule has 0 spiro atoms. The van der Waals surface area contributed by atoms with Crippen LogP contribution in [-0.4, -0.2) is 40.2 Å². The van der Waals surface area contributed by atoms with Crippen LogP contribution in [0.2, 0.25) is 0 Å². The van der Waals surface area contributed by atoms with E-state index in [9.17, 15) is 4.79 Å². The highest BCUT2D eigenvalue weighted by Gasteiger charge is 2.26. The van der Waals surface area contributed by atoms with Crippen molar-refractivity contribution in [3.8, 4) is 5.88 Å². The zero-order valence-corrected chi connectivity index (χ0v) is 14.5. The molecule has 6 heteroatoms. The third-order valence-electron chi connectivity index (χ3n) is 3.82. The van der Waals surface area contributed by atoms with Crippen molar-refractivity contribution >= 4 is 21.8 Å². The molecule has 1 aliphatic heterocycles. The molecule has 23 heavy (non-hydrogen) atoms. The lowest BCUT2D eigenvalue weighted by atomic mass is 10.1. The first-order chi connectivity index (χ1) is 11.1. The van der Waals surface area contributed by atoms with Crippen molar-refractivity contribution < 1.29 is 9.53 Å². The van der Waals surface area contributed by atoms with E-state index in [0.717, 1.165) is 29.6 Å². The highest BCUT2D eigenvalue weighted by molar-refractivity contribution is 9.10. The Morgan fingerprint density at radius 3 is 2.70 bits per heavy atom. The van der Waals surface area contributed by atoms with E-state index in [4.69, 9.17) is 4.74 Å². The summed E-state index contributed by atoms with van der Waals surface area (Å²) in [6.07, 6.45) is 1.80. The zero-order chi connectivity index (χ0) is 16.2. The molecule has 3 rings (SSSR count). The molecule has 1 fully saturated rings. The van der Waals surface area contributed by atoms with Crippen LogP contribution < -0.4 is 4.74 Å². The van der Waals surface area contributed by atoms with Crippen LogP contribution in [-0.2, 0) is 0 Å². The van der Waals surface area contributed by atoms with Crippen molar-refractivity contribution in [1.82, 2.24) is 15.1 Å². The number of aryl methyl sites for hydroxylation is 1. The van der Waals surface area contributed by atoms with E-state index in [2.05, 4.69) is 26.1 Å². The van der Waals surface area contributed by atoms with Crippen molar-refractivity contribution in [3.05, 3.63) is 52.1 Å². The number of carbonyl (C=O) groups excluding carboxylic acids is 1. The molecule has 1 aromatic carbocycles. The predicted molar refractivity (Wildman–Crippen MR) is 90.5 cm³/mol. The van der Waals surface area contributed by atoms with Crippen LogP contribution in [0.5, 0.6) is 5.88 Å². The molecule has 1 unspecified atom stereocenters. The van der Waals surface area contributed by atoms with Gasteiger partial charge in [0, 0.05) is 22.6 Å². The fraction of sp³-hybridized carbons (Fsp3) is 0.353. The van der Waals surface area contributed by atoms with Gasteiger partial charge in [0.1, 0.15) is 6.10 Å². The van der Waals surface area contributed by atoms with Crippen LogP contribution in [0, 0.1) is 6.92 Å². The smallest absolute Gasteiger partial charge is 0.253 e. The molecule has 2 aromatic rings. The number of halogens is 1. The number of hydrogen-bond acceptors (Lipinski definition) is 4. The predicted octanol–water partition coefficient (Wildman–Crippen LogP) is 3.23. The highest BCUT2D eigenvalue weighted by atomic mass is 79.9. The van der Waals surface area contributed by atoms with Gasteiger partial charge in [-0.3, -0.25) is 4.79 Å². The second kappa shape index (κ2) is 7.08. The summed E-state index contributed by atoms with van der Waals surface area (Å²) < 4.78 is 6.84. The Morgan fingerprint density at radius 1 is 1.22 bits per heavy atom. The molecule has 1 atom stereocenters. The van der Waals surface area contributed by atoms with Gasteiger partial charge < -0.3 is 9.64 Å². The molecule has 0 N–H and O–H groups in total. The van der Waals surface area contributed by atoms with Gasteiger partial charge in [0.05, 0.1) is 12.2 Å². The standard InChI is InChI=1S/C17H18BrN3O2/c1-12-4-9-16(20-19-12)23-15-3-2-10-21(11-15)17(22)13-5-7-14(18)8-6-13/h4-9,15H,2-3,10-11H2,1H3. The molecule has 0 radical (unpaired) electrons. The quantitative estimate of drug-likeness (QED) is 0.826. The molecule has 5 nitrogen and oxygen atoms in total. The molecule has 1 aromatic heterocycles.